The minimum absolute atomic E-state index is 0.207. The van der Waals surface area contributed by atoms with Gasteiger partial charge >= 0.3 is 0 Å². The summed E-state index contributed by atoms with van der Waals surface area (Å²) in [7, 11) is 0. The first-order valence-electron chi connectivity index (χ1n) is 7.04. The Kier molecular flexibility index (Phi) is 4.95. The van der Waals surface area contributed by atoms with Crippen molar-refractivity contribution < 1.29 is 9.53 Å². The second-order valence-electron chi connectivity index (χ2n) is 4.94. The molecule has 2 aromatic rings. The van der Waals surface area contributed by atoms with Gasteiger partial charge in [0.25, 0.3) is 5.91 Å². The van der Waals surface area contributed by atoms with Gasteiger partial charge in [-0.3, -0.25) is 4.79 Å². The van der Waals surface area contributed by atoms with Crippen LogP contribution < -0.4 is 10.2 Å². The van der Waals surface area contributed by atoms with Gasteiger partial charge in [-0.25, -0.2) is 9.97 Å². The third-order valence-corrected chi connectivity index (χ3v) is 3.95. The minimum atomic E-state index is -0.393. The number of halogens is 2. The molecule has 1 amide bonds. The number of rotatable bonds is 3. The Morgan fingerprint density at radius 2 is 1.96 bits per heavy atom. The molecule has 2 heterocycles. The van der Waals surface area contributed by atoms with E-state index in [1.165, 1.54) is 6.20 Å². The first kappa shape index (κ1) is 16.0. The number of benzene rings is 1. The summed E-state index contributed by atoms with van der Waals surface area (Å²) >= 11 is 11.9. The van der Waals surface area contributed by atoms with Crippen LogP contribution in [0.2, 0.25) is 10.0 Å². The summed E-state index contributed by atoms with van der Waals surface area (Å²) in [4.78, 5) is 22.7. The Balaban J connectivity index is 1.71. The van der Waals surface area contributed by atoms with Crippen molar-refractivity contribution in [1.82, 2.24) is 9.97 Å². The average molecular weight is 353 g/mol. The fourth-order valence-electron chi connectivity index (χ4n) is 2.17. The molecule has 0 bridgehead atoms. The number of amides is 1. The lowest BCUT2D eigenvalue weighted by Crippen LogP contribution is -2.36. The van der Waals surface area contributed by atoms with Crippen molar-refractivity contribution in [2.24, 2.45) is 0 Å². The largest absolute Gasteiger partial charge is 0.378 e. The zero-order valence-electron chi connectivity index (χ0n) is 12.1. The van der Waals surface area contributed by atoms with Gasteiger partial charge in [0.2, 0.25) is 0 Å². The SMILES string of the molecule is O=C(Nc1cc(Cl)ccc1Cl)c1cnc(N2CCOCC2)cn1. The molecule has 6 nitrogen and oxygen atoms in total. The van der Waals surface area contributed by atoms with E-state index in [-0.39, 0.29) is 5.69 Å². The summed E-state index contributed by atoms with van der Waals surface area (Å²) < 4.78 is 5.29. The lowest BCUT2D eigenvalue weighted by atomic mass is 10.3. The first-order chi connectivity index (χ1) is 11.1. The maximum Gasteiger partial charge on any atom is 0.275 e. The molecule has 0 saturated carbocycles. The third kappa shape index (κ3) is 3.90. The highest BCUT2D eigenvalue weighted by atomic mass is 35.5. The summed E-state index contributed by atoms with van der Waals surface area (Å²) in [5, 5.41) is 3.56. The van der Waals surface area contributed by atoms with E-state index in [0.29, 0.717) is 28.9 Å². The zero-order valence-corrected chi connectivity index (χ0v) is 13.6. The normalized spacial score (nSPS) is 14.6. The van der Waals surface area contributed by atoms with Crippen LogP contribution in [0.25, 0.3) is 0 Å². The Morgan fingerprint density at radius 3 is 2.65 bits per heavy atom. The van der Waals surface area contributed by atoms with Gasteiger partial charge in [-0.2, -0.15) is 0 Å². The Hall–Kier alpha value is -1.89. The summed E-state index contributed by atoms with van der Waals surface area (Å²) in [6.07, 6.45) is 3.03. The minimum Gasteiger partial charge on any atom is -0.378 e. The van der Waals surface area contributed by atoms with E-state index in [9.17, 15) is 4.79 Å². The van der Waals surface area contributed by atoms with Crippen LogP contribution in [0.15, 0.2) is 30.6 Å². The third-order valence-electron chi connectivity index (χ3n) is 3.38. The number of aromatic nitrogens is 2. The van der Waals surface area contributed by atoms with Gasteiger partial charge in [-0.05, 0) is 18.2 Å². The van der Waals surface area contributed by atoms with Crippen LogP contribution in [0.4, 0.5) is 11.5 Å². The molecule has 120 valence electrons. The molecule has 1 aromatic heterocycles. The molecule has 0 aliphatic carbocycles. The lowest BCUT2D eigenvalue weighted by molar-refractivity contribution is 0.102. The molecule has 1 aromatic carbocycles. The van der Waals surface area contributed by atoms with Gasteiger partial charge in [0, 0.05) is 18.1 Å². The molecule has 0 unspecified atom stereocenters. The number of nitrogens with zero attached hydrogens (tertiary/aromatic N) is 3. The van der Waals surface area contributed by atoms with Gasteiger partial charge in [0.1, 0.15) is 11.5 Å². The van der Waals surface area contributed by atoms with Gasteiger partial charge in [-0.1, -0.05) is 23.2 Å². The van der Waals surface area contributed by atoms with Crippen LogP contribution in [0.5, 0.6) is 0 Å². The van der Waals surface area contributed by atoms with E-state index in [4.69, 9.17) is 27.9 Å². The molecule has 1 N–H and O–H groups in total. The van der Waals surface area contributed by atoms with E-state index < -0.39 is 5.91 Å². The topological polar surface area (TPSA) is 67.4 Å². The fraction of sp³-hybridized carbons (Fsp3) is 0.267. The number of anilines is 2. The Labute approximate surface area is 143 Å². The molecule has 0 atom stereocenters. The highest BCUT2D eigenvalue weighted by Crippen LogP contribution is 2.25. The van der Waals surface area contributed by atoms with Crippen LogP contribution in [0.3, 0.4) is 0 Å². The maximum absolute atomic E-state index is 12.2. The highest BCUT2D eigenvalue weighted by molar-refractivity contribution is 6.35. The number of hydrogen-bond acceptors (Lipinski definition) is 5. The van der Waals surface area contributed by atoms with E-state index >= 15 is 0 Å². The van der Waals surface area contributed by atoms with Crippen molar-refractivity contribution in [2.45, 2.75) is 0 Å². The molecular weight excluding hydrogens is 339 g/mol. The number of carbonyl (C=O) groups is 1. The predicted octanol–water partition coefficient (Wildman–Crippen LogP) is 2.87. The summed E-state index contributed by atoms with van der Waals surface area (Å²) in [5.41, 5.74) is 0.640. The quantitative estimate of drug-likeness (QED) is 0.919. The molecule has 23 heavy (non-hydrogen) atoms. The van der Waals surface area contributed by atoms with Crippen molar-refractivity contribution >= 4 is 40.6 Å². The molecule has 0 spiro atoms. The molecule has 1 saturated heterocycles. The summed E-state index contributed by atoms with van der Waals surface area (Å²) in [5.74, 6) is 0.334. The summed E-state index contributed by atoms with van der Waals surface area (Å²) in [6, 6.07) is 4.85. The number of ether oxygens (including phenoxy) is 1. The fourth-order valence-corrected chi connectivity index (χ4v) is 2.51. The van der Waals surface area contributed by atoms with Crippen LogP contribution >= 0.6 is 23.2 Å². The second-order valence-corrected chi connectivity index (χ2v) is 5.78. The van der Waals surface area contributed by atoms with Gasteiger partial charge in [-0.15, -0.1) is 0 Å². The maximum atomic E-state index is 12.2. The Bertz CT molecular complexity index is 703. The predicted molar refractivity (Wildman–Crippen MR) is 89.5 cm³/mol. The molecule has 0 radical (unpaired) electrons. The van der Waals surface area contributed by atoms with Crippen LogP contribution in [0.1, 0.15) is 10.5 Å². The van der Waals surface area contributed by atoms with Crippen molar-refractivity contribution in [3.63, 3.8) is 0 Å². The van der Waals surface area contributed by atoms with Crippen molar-refractivity contribution in [3.05, 3.63) is 46.3 Å². The molecule has 1 aliphatic rings. The van der Waals surface area contributed by atoms with E-state index in [0.717, 1.165) is 18.9 Å². The van der Waals surface area contributed by atoms with Crippen LogP contribution in [-0.4, -0.2) is 42.2 Å². The van der Waals surface area contributed by atoms with Crippen molar-refractivity contribution in [1.29, 1.82) is 0 Å². The second kappa shape index (κ2) is 7.12. The van der Waals surface area contributed by atoms with Crippen LogP contribution in [0, 0.1) is 0 Å². The smallest absolute Gasteiger partial charge is 0.275 e. The van der Waals surface area contributed by atoms with Crippen molar-refractivity contribution in [3.8, 4) is 0 Å². The van der Waals surface area contributed by atoms with Gasteiger partial charge < -0.3 is 15.0 Å². The monoisotopic (exact) mass is 352 g/mol. The lowest BCUT2D eigenvalue weighted by Gasteiger charge is -2.27. The summed E-state index contributed by atoms with van der Waals surface area (Å²) in [6.45, 7) is 2.85. The van der Waals surface area contributed by atoms with Crippen molar-refractivity contribution in [2.75, 3.05) is 36.5 Å². The molecule has 3 rings (SSSR count). The standard InChI is InChI=1S/C15H14Cl2N4O2/c16-10-1-2-11(17)12(7-10)20-15(22)13-8-19-14(9-18-13)21-3-5-23-6-4-21/h1-2,7-9H,3-6H2,(H,20,22). The number of nitrogens with one attached hydrogen (secondary N) is 1. The Morgan fingerprint density at radius 1 is 1.17 bits per heavy atom. The van der Waals surface area contributed by atoms with E-state index in [1.54, 1.807) is 24.4 Å². The van der Waals surface area contributed by atoms with Crippen LogP contribution in [-0.2, 0) is 4.74 Å². The average Bonchev–Trinajstić information content (AvgIpc) is 2.59. The molecule has 8 heteroatoms. The van der Waals surface area contributed by atoms with E-state index in [2.05, 4.69) is 20.2 Å². The molecular formula is C15H14Cl2N4O2. The first-order valence-corrected chi connectivity index (χ1v) is 7.80. The molecule has 1 fully saturated rings. The number of morpholine rings is 1. The van der Waals surface area contributed by atoms with E-state index in [1.807, 2.05) is 0 Å². The number of hydrogen-bond donors (Lipinski definition) is 1. The van der Waals surface area contributed by atoms with Gasteiger partial charge in [0.15, 0.2) is 0 Å². The molecule has 1 aliphatic heterocycles. The highest BCUT2D eigenvalue weighted by Gasteiger charge is 2.15. The number of carbonyl (C=O) groups excluding carboxylic acids is 1. The zero-order chi connectivity index (χ0) is 16.2. The van der Waals surface area contributed by atoms with Gasteiger partial charge in [0.05, 0.1) is 36.3 Å².